The van der Waals surface area contributed by atoms with Gasteiger partial charge in [-0.05, 0) is 43.9 Å². The van der Waals surface area contributed by atoms with E-state index in [0.29, 0.717) is 30.0 Å². The maximum atomic E-state index is 12.5. The molecule has 0 bridgehead atoms. The molecule has 0 atom stereocenters. The SMILES string of the molecule is Cc1cc(C)c(S(=O)(=O)N2CCCO2)c(C)c1N. The molecule has 0 amide bonds. The summed E-state index contributed by atoms with van der Waals surface area (Å²) >= 11 is 0. The van der Waals surface area contributed by atoms with Crippen LogP contribution in [0.5, 0.6) is 0 Å². The van der Waals surface area contributed by atoms with Crippen molar-refractivity contribution in [1.29, 1.82) is 0 Å². The van der Waals surface area contributed by atoms with Crippen LogP contribution in [0, 0.1) is 20.8 Å². The molecule has 1 aromatic rings. The average molecular weight is 270 g/mol. The predicted octanol–water partition coefficient (Wildman–Crippen LogP) is 1.52. The lowest BCUT2D eigenvalue weighted by Gasteiger charge is -2.19. The fraction of sp³-hybridized carbons (Fsp3) is 0.500. The van der Waals surface area contributed by atoms with Crippen molar-refractivity contribution in [2.75, 3.05) is 18.9 Å². The molecule has 0 spiro atoms. The van der Waals surface area contributed by atoms with Gasteiger partial charge in [0.15, 0.2) is 0 Å². The number of rotatable bonds is 2. The van der Waals surface area contributed by atoms with Crippen molar-refractivity contribution in [3.63, 3.8) is 0 Å². The van der Waals surface area contributed by atoms with E-state index in [1.165, 1.54) is 0 Å². The fourth-order valence-corrected chi connectivity index (χ4v) is 4.04. The summed E-state index contributed by atoms with van der Waals surface area (Å²) in [5.41, 5.74) is 8.65. The number of nitrogens with two attached hydrogens (primary N) is 1. The van der Waals surface area contributed by atoms with Crippen LogP contribution in [-0.4, -0.2) is 26.0 Å². The Morgan fingerprint density at radius 1 is 1.28 bits per heavy atom. The first-order chi connectivity index (χ1) is 8.35. The Balaban J connectivity index is 2.61. The van der Waals surface area contributed by atoms with Gasteiger partial charge in [0.2, 0.25) is 0 Å². The highest BCUT2D eigenvalue weighted by Gasteiger charge is 2.32. The van der Waals surface area contributed by atoms with Gasteiger partial charge in [0, 0.05) is 12.2 Å². The maximum absolute atomic E-state index is 12.5. The average Bonchev–Trinajstić information content (AvgIpc) is 2.79. The molecule has 5 nitrogen and oxygen atoms in total. The van der Waals surface area contributed by atoms with E-state index in [-0.39, 0.29) is 4.90 Å². The summed E-state index contributed by atoms with van der Waals surface area (Å²) in [6.45, 7) is 6.23. The van der Waals surface area contributed by atoms with E-state index < -0.39 is 10.0 Å². The van der Waals surface area contributed by atoms with Crippen molar-refractivity contribution in [2.45, 2.75) is 32.1 Å². The minimum absolute atomic E-state index is 0.271. The van der Waals surface area contributed by atoms with Crippen LogP contribution in [0.15, 0.2) is 11.0 Å². The molecule has 0 unspecified atom stereocenters. The number of hydroxylamine groups is 1. The summed E-state index contributed by atoms with van der Waals surface area (Å²) in [7, 11) is -3.61. The van der Waals surface area contributed by atoms with Gasteiger partial charge < -0.3 is 5.73 Å². The Bertz CT molecular complexity index is 575. The molecule has 1 aliphatic heterocycles. The van der Waals surface area contributed by atoms with E-state index in [9.17, 15) is 8.42 Å². The maximum Gasteiger partial charge on any atom is 0.265 e. The first kappa shape index (κ1) is 13.3. The van der Waals surface area contributed by atoms with Crippen molar-refractivity contribution in [3.05, 3.63) is 22.8 Å². The van der Waals surface area contributed by atoms with Crippen LogP contribution in [-0.2, 0) is 14.9 Å². The summed E-state index contributed by atoms with van der Waals surface area (Å²) in [4.78, 5) is 5.43. The highest BCUT2D eigenvalue weighted by Crippen LogP contribution is 2.31. The third-order valence-corrected chi connectivity index (χ3v) is 5.18. The molecular weight excluding hydrogens is 252 g/mol. The molecule has 1 aromatic carbocycles. The van der Waals surface area contributed by atoms with E-state index in [2.05, 4.69) is 0 Å². The van der Waals surface area contributed by atoms with Gasteiger partial charge in [0.05, 0.1) is 11.5 Å². The van der Waals surface area contributed by atoms with E-state index in [0.717, 1.165) is 16.5 Å². The topological polar surface area (TPSA) is 72.6 Å². The molecule has 1 saturated heterocycles. The highest BCUT2D eigenvalue weighted by molar-refractivity contribution is 7.89. The molecule has 1 heterocycles. The number of aryl methyl sites for hydroxylation is 2. The van der Waals surface area contributed by atoms with Gasteiger partial charge in [-0.2, -0.15) is 0 Å². The lowest BCUT2D eigenvalue weighted by Crippen LogP contribution is -2.28. The molecule has 2 rings (SSSR count). The van der Waals surface area contributed by atoms with Crippen LogP contribution < -0.4 is 5.73 Å². The van der Waals surface area contributed by atoms with Crippen molar-refractivity contribution in [2.24, 2.45) is 0 Å². The number of nitrogen functional groups attached to an aromatic ring is 1. The van der Waals surface area contributed by atoms with Crippen LogP contribution >= 0.6 is 0 Å². The molecule has 1 aliphatic rings. The van der Waals surface area contributed by atoms with E-state index in [1.54, 1.807) is 19.9 Å². The van der Waals surface area contributed by atoms with Gasteiger partial charge in [-0.15, -0.1) is 0 Å². The zero-order valence-electron chi connectivity index (χ0n) is 10.9. The Hall–Kier alpha value is -1.11. The summed E-state index contributed by atoms with van der Waals surface area (Å²) in [5.74, 6) is 0. The van der Waals surface area contributed by atoms with Gasteiger partial charge in [0.25, 0.3) is 10.0 Å². The van der Waals surface area contributed by atoms with Crippen molar-refractivity contribution in [3.8, 4) is 0 Å². The number of benzene rings is 1. The second kappa shape index (κ2) is 4.53. The smallest absolute Gasteiger partial charge is 0.265 e. The van der Waals surface area contributed by atoms with Crippen molar-refractivity contribution in [1.82, 2.24) is 4.47 Å². The summed E-state index contributed by atoms with van der Waals surface area (Å²) in [6.07, 6.45) is 0.721. The van der Waals surface area contributed by atoms with E-state index in [4.69, 9.17) is 10.6 Å². The lowest BCUT2D eigenvalue weighted by atomic mass is 10.1. The Labute approximate surface area is 108 Å². The minimum Gasteiger partial charge on any atom is -0.398 e. The van der Waals surface area contributed by atoms with Crippen LogP contribution in [0.4, 0.5) is 5.69 Å². The van der Waals surface area contributed by atoms with Gasteiger partial charge in [-0.1, -0.05) is 10.5 Å². The van der Waals surface area contributed by atoms with E-state index in [1.807, 2.05) is 6.92 Å². The van der Waals surface area contributed by atoms with Gasteiger partial charge in [-0.25, -0.2) is 8.42 Å². The Kier molecular flexibility index (Phi) is 3.35. The normalized spacial score (nSPS) is 17.3. The first-order valence-electron chi connectivity index (χ1n) is 5.87. The molecule has 0 aromatic heterocycles. The summed E-state index contributed by atoms with van der Waals surface area (Å²) in [5, 5.41) is 0. The third-order valence-electron chi connectivity index (χ3n) is 3.21. The molecule has 100 valence electrons. The zero-order chi connectivity index (χ0) is 13.5. The van der Waals surface area contributed by atoms with Gasteiger partial charge >= 0.3 is 0 Å². The monoisotopic (exact) mass is 270 g/mol. The van der Waals surface area contributed by atoms with Crippen molar-refractivity contribution >= 4 is 15.7 Å². The number of anilines is 1. The van der Waals surface area contributed by atoms with Crippen LogP contribution in [0.25, 0.3) is 0 Å². The second-order valence-electron chi connectivity index (χ2n) is 4.60. The van der Waals surface area contributed by atoms with Crippen LogP contribution in [0.1, 0.15) is 23.1 Å². The minimum atomic E-state index is -3.61. The molecule has 6 heteroatoms. The predicted molar refractivity (Wildman–Crippen MR) is 69.5 cm³/mol. The molecule has 1 fully saturated rings. The van der Waals surface area contributed by atoms with Crippen LogP contribution in [0.3, 0.4) is 0 Å². The first-order valence-corrected chi connectivity index (χ1v) is 7.31. The molecular formula is C12H18N2O3S. The fourth-order valence-electron chi connectivity index (χ4n) is 2.29. The zero-order valence-corrected chi connectivity index (χ0v) is 11.7. The number of hydrogen-bond donors (Lipinski definition) is 1. The largest absolute Gasteiger partial charge is 0.398 e. The van der Waals surface area contributed by atoms with Crippen molar-refractivity contribution < 1.29 is 13.3 Å². The molecule has 0 saturated carbocycles. The molecule has 18 heavy (non-hydrogen) atoms. The second-order valence-corrected chi connectivity index (χ2v) is 6.36. The van der Waals surface area contributed by atoms with Crippen LogP contribution in [0.2, 0.25) is 0 Å². The Morgan fingerprint density at radius 3 is 2.50 bits per heavy atom. The summed E-state index contributed by atoms with van der Waals surface area (Å²) < 4.78 is 26.0. The van der Waals surface area contributed by atoms with Gasteiger partial charge in [0.1, 0.15) is 0 Å². The van der Waals surface area contributed by atoms with Gasteiger partial charge in [-0.3, -0.25) is 4.84 Å². The number of nitrogens with zero attached hydrogens (tertiary/aromatic N) is 1. The quantitative estimate of drug-likeness (QED) is 0.827. The molecule has 2 N–H and O–H groups in total. The Morgan fingerprint density at radius 2 is 1.94 bits per heavy atom. The van der Waals surface area contributed by atoms with E-state index >= 15 is 0 Å². The number of sulfonamides is 1. The molecule has 0 aliphatic carbocycles. The standard InChI is InChI=1S/C12H18N2O3S/c1-8-7-9(2)12(10(3)11(8)13)18(15,16)14-5-4-6-17-14/h7H,4-6,13H2,1-3H3. The highest BCUT2D eigenvalue weighted by atomic mass is 32.2. The third kappa shape index (κ3) is 2.00. The molecule has 0 radical (unpaired) electrons. The number of hydrogen-bond acceptors (Lipinski definition) is 4. The summed E-state index contributed by atoms with van der Waals surface area (Å²) in [6, 6.07) is 1.80. The lowest BCUT2D eigenvalue weighted by molar-refractivity contribution is -0.0285.